The average molecular weight is 788 g/mol. The molecule has 0 spiro atoms. The van der Waals surface area contributed by atoms with Gasteiger partial charge in [-0.2, -0.15) is 0 Å². The molecular weight excluding hydrogens is 747 g/mol. The van der Waals surface area contributed by atoms with Crippen molar-refractivity contribution in [3.63, 3.8) is 0 Å². The zero-order valence-corrected chi connectivity index (χ0v) is 33.3. The molecule has 292 valence electrons. The van der Waals surface area contributed by atoms with Gasteiger partial charge in [0, 0.05) is 51.4 Å². The Balaban J connectivity index is 1.30. The second-order valence-electron chi connectivity index (χ2n) is 16.1. The van der Waals surface area contributed by atoms with Crippen molar-refractivity contribution >= 4 is 52.1 Å². The van der Waals surface area contributed by atoms with Gasteiger partial charge < -0.3 is 20.0 Å². The van der Waals surface area contributed by atoms with Crippen LogP contribution in [-0.4, -0.2) is 26.5 Å². The zero-order chi connectivity index (χ0) is 40.3. The minimum atomic E-state index is -0.154. The number of aromatic nitrogens is 4. The summed E-state index contributed by atoms with van der Waals surface area (Å²) in [6, 6.07) is 57.8. The zero-order valence-electron chi connectivity index (χ0n) is 33.3. The molecule has 0 radical (unpaired) electrons. The second kappa shape index (κ2) is 14.6. The Morgan fingerprint density at radius 3 is 1.36 bits per heavy atom. The minimum Gasteiger partial charge on any atom is -0.376 e. The first-order valence-corrected chi connectivity index (χ1v) is 21.1. The van der Waals surface area contributed by atoms with Gasteiger partial charge in [-0.25, -0.2) is 9.97 Å². The molecule has 8 aromatic rings. The van der Waals surface area contributed by atoms with Gasteiger partial charge in [-0.3, -0.25) is 0 Å². The van der Waals surface area contributed by atoms with E-state index in [4.69, 9.17) is 14.7 Å². The first kappa shape index (κ1) is 35.4. The smallest absolute Gasteiger partial charge is 0.0918 e. The van der Waals surface area contributed by atoms with Crippen molar-refractivity contribution in [3.8, 4) is 44.5 Å². The van der Waals surface area contributed by atoms with E-state index in [1.165, 1.54) is 5.56 Å². The third-order valence-electron chi connectivity index (χ3n) is 12.6. The molecule has 3 aromatic heterocycles. The van der Waals surface area contributed by atoms with E-state index in [0.717, 1.165) is 107 Å². The van der Waals surface area contributed by atoms with Crippen molar-refractivity contribution in [1.29, 1.82) is 0 Å². The lowest BCUT2D eigenvalue weighted by Crippen LogP contribution is -2.28. The molecule has 3 N–H and O–H groups in total. The molecule has 1 fully saturated rings. The van der Waals surface area contributed by atoms with Crippen LogP contribution in [0.25, 0.3) is 90.9 Å². The van der Waals surface area contributed by atoms with Crippen molar-refractivity contribution in [2.45, 2.75) is 18.6 Å². The maximum Gasteiger partial charge on any atom is 0.0918 e. The van der Waals surface area contributed by atoms with Crippen molar-refractivity contribution in [1.82, 2.24) is 19.9 Å². The predicted molar refractivity (Wildman–Crippen MR) is 250 cm³/mol. The standard InChI is InChI=1S/C55H41N5O/c1-6-16-34(17-7-1)46-40-26-27-41(56-40)47(35-18-8-2-9-19-35)43-29-31-45(58-43)49(37-22-12-4-13-23-37)53-54-50(55-39(32-33-61-55)51(59-54)38-24-14-5-15-25-38)52(60-53)48(36-20-10-3-11-21-36)44-30-28-42(46)57-44/h1-31,39,51,55-56,59-60H,32-33H2/t39-,51-,55-/m1/s1. The van der Waals surface area contributed by atoms with E-state index >= 15 is 0 Å². The first-order valence-electron chi connectivity index (χ1n) is 21.1. The Morgan fingerprint density at radius 1 is 0.443 bits per heavy atom. The molecule has 6 nitrogen and oxygen atoms in total. The number of H-pyrrole nitrogens is 2. The van der Waals surface area contributed by atoms with E-state index in [0.29, 0.717) is 6.61 Å². The third kappa shape index (κ3) is 5.98. The summed E-state index contributed by atoms with van der Waals surface area (Å²) in [5.41, 5.74) is 19.3. The Hall–Kier alpha value is -7.54. The number of hydrogen-bond donors (Lipinski definition) is 3. The van der Waals surface area contributed by atoms with Crippen LogP contribution in [0.4, 0.5) is 5.69 Å². The van der Waals surface area contributed by atoms with E-state index in [9.17, 15) is 0 Å². The molecule has 1 saturated heterocycles. The lowest BCUT2D eigenvalue weighted by Gasteiger charge is -2.35. The molecule has 0 aliphatic carbocycles. The van der Waals surface area contributed by atoms with Gasteiger partial charge in [0.25, 0.3) is 0 Å². The van der Waals surface area contributed by atoms with E-state index in [-0.39, 0.29) is 18.1 Å². The molecule has 0 saturated carbocycles. The third-order valence-corrected chi connectivity index (χ3v) is 12.6. The summed E-state index contributed by atoms with van der Waals surface area (Å²) < 4.78 is 6.90. The molecule has 5 aromatic carbocycles. The fraction of sp³-hybridized carbons (Fsp3) is 0.0909. The number of hydrogen-bond acceptors (Lipinski definition) is 4. The number of rotatable bonds is 5. The number of anilines is 1. The van der Waals surface area contributed by atoms with E-state index in [1.807, 2.05) is 0 Å². The summed E-state index contributed by atoms with van der Waals surface area (Å²) in [6.45, 7) is 0.688. The van der Waals surface area contributed by atoms with Gasteiger partial charge in [-0.15, -0.1) is 0 Å². The minimum absolute atomic E-state index is 0.0459. The molecule has 8 bridgehead atoms. The van der Waals surface area contributed by atoms with Crippen LogP contribution in [0.15, 0.2) is 164 Å². The summed E-state index contributed by atoms with van der Waals surface area (Å²) >= 11 is 0. The molecule has 6 heteroatoms. The molecule has 12 rings (SSSR count). The van der Waals surface area contributed by atoms with Crippen LogP contribution in [0, 0.1) is 5.92 Å². The molecule has 4 aliphatic heterocycles. The Bertz CT molecular complexity index is 3190. The van der Waals surface area contributed by atoms with Gasteiger partial charge in [0.2, 0.25) is 0 Å². The lowest BCUT2D eigenvalue weighted by molar-refractivity contribution is 0.0843. The molecule has 0 amide bonds. The van der Waals surface area contributed by atoms with Gasteiger partial charge in [0.05, 0.1) is 51.6 Å². The van der Waals surface area contributed by atoms with Crippen LogP contribution >= 0.6 is 0 Å². The monoisotopic (exact) mass is 787 g/mol. The molecule has 0 unspecified atom stereocenters. The summed E-state index contributed by atoms with van der Waals surface area (Å²) in [7, 11) is 0. The van der Waals surface area contributed by atoms with E-state index in [1.54, 1.807) is 0 Å². The number of fused-ring (bicyclic) bond motifs is 13. The summed E-state index contributed by atoms with van der Waals surface area (Å²) in [6.07, 6.45) is 9.49. The molecule has 61 heavy (non-hydrogen) atoms. The maximum atomic E-state index is 6.90. The Labute approximate surface area is 354 Å². The van der Waals surface area contributed by atoms with E-state index in [2.05, 4.69) is 203 Å². The largest absolute Gasteiger partial charge is 0.376 e. The highest BCUT2D eigenvalue weighted by molar-refractivity contribution is 6.05. The predicted octanol–water partition coefficient (Wildman–Crippen LogP) is 13.6. The lowest BCUT2D eigenvalue weighted by atomic mass is 9.80. The topological polar surface area (TPSA) is 78.6 Å². The summed E-state index contributed by atoms with van der Waals surface area (Å²) in [5.74, 6) is 0.221. The van der Waals surface area contributed by atoms with E-state index < -0.39 is 0 Å². The van der Waals surface area contributed by atoms with Crippen molar-refractivity contribution < 1.29 is 4.74 Å². The molecule has 7 heterocycles. The molecular formula is C55H41N5O. The number of aromatic amines is 2. The van der Waals surface area contributed by atoms with Gasteiger partial charge in [0.15, 0.2) is 0 Å². The Kier molecular flexibility index (Phi) is 8.49. The summed E-state index contributed by atoms with van der Waals surface area (Å²) in [4.78, 5) is 19.2. The summed E-state index contributed by atoms with van der Waals surface area (Å²) in [5, 5.41) is 4.17. The van der Waals surface area contributed by atoms with Crippen LogP contribution in [0.1, 0.15) is 52.5 Å². The fourth-order valence-corrected chi connectivity index (χ4v) is 9.94. The average Bonchev–Trinajstić information content (AvgIpc) is 4.19. The quantitative estimate of drug-likeness (QED) is 0.162. The highest BCUT2D eigenvalue weighted by atomic mass is 16.5. The van der Waals surface area contributed by atoms with Crippen LogP contribution in [0.2, 0.25) is 0 Å². The van der Waals surface area contributed by atoms with Crippen molar-refractivity contribution in [2.75, 3.05) is 11.9 Å². The number of ether oxygens (including phenoxy) is 1. The SMILES string of the molecule is C1=Cc2nc1c(-c1ccccc1)c1ccc([nH]1)c(-c1ccccc1)c1nc(c(-c3ccccc3)c3[nH]c(c4c3[C@@H]3OCC[C@@H]3[C@@H](c3ccccc3)N4)c2-c2ccccc2)C=C1. The molecule has 3 atom stereocenters. The van der Waals surface area contributed by atoms with Gasteiger partial charge in [-0.1, -0.05) is 152 Å². The van der Waals surface area contributed by atoms with Gasteiger partial charge in [-0.05, 0) is 70.7 Å². The highest BCUT2D eigenvalue weighted by Gasteiger charge is 2.44. The van der Waals surface area contributed by atoms with Crippen LogP contribution < -0.4 is 5.32 Å². The van der Waals surface area contributed by atoms with Crippen LogP contribution in [0.3, 0.4) is 0 Å². The maximum absolute atomic E-state index is 6.90. The van der Waals surface area contributed by atoms with Crippen LogP contribution in [-0.2, 0) is 4.74 Å². The normalized spacial score (nSPS) is 17.5. The first-order chi connectivity index (χ1) is 30.3. The van der Waals surface area contributed by atoms with Gasteiger partial charge >= 0.3 is 0 Å². The fourth-order valence-electron chi connectivity index (χ4n) is 9.94. The molecule has 4 aliphatic rings. The van der Waals surface area contributed by atoms with Gasteiger partial charge in [0.1, 0.15) is 0 Å². The number of benzene rings is 5. The van der Waals surface area contributed by atoms with Crippen molar-refractivity contribution in [3.05, 3.63) is 198 Å². The number of nitrogens with one attached hydrogen (secondary N) is 3. The van der Waals surface area contributed by atoms with Crippen LogP contribution in [0.5, 0.6) is 0 Å². The highest BCUT2D eigenvalue weighted by Crippen LogP contribution is 2.55. The van der Waals surface area contributed by atoms with Crippen molar-refractivity contribution in [2.24, 2.45) is 5.92 Å². The second-order valence-corrected chi connectivity index (χ2v) is 16.1. The number of nitrogens with zero attached hydrogens (tertiary/aromatic N) is 2. The Morgan fingerprint density at radius 2 is 0.869 bits per heavy atom.